The molecule has 0 aliphatic rings. The molecule has 0 saturated heterocycles. The molecule has 0 aliphatic heterocycles. The third kappa shape index (κ3) is 4.09. The average Bonchev–Trinajstić information content (AvgIpc) is 2.77. The molecule has 1 heterocycles. The number of ether oxygens (including phenoxy) is 1. The second-order valence-corrected chi connectivity index (χ2v) is 5.45. The van der Waals surface area contributed by atoms with Gasteiger partial charge in [0.05, 0.1) is 17.1 Å². The fourth-order valence-electron chi connectivity index (χ4n) is 1.38. The predicted molar refractivity (Wildman–Crippen MR) is 74.2 cm³/mol. The lowest BCUT2D eigenvalue weighted by molar-refractivity contribution is -0.136. The van der Waals surface area contributed by atoms with Gasteiger partial charge in [-0.05, 0) is 12.1 Å². The molecule has 0 atom stereocenters. The lowest BCUT2D eigenvalue weighted by atomic mass is 10.3. The van der Waals surface area contributed by atoms with E-state index < -0.39 is 5.97 Å². The smallest absolute Gasteiger partial charge is 0.309 e. The highest BCUT2D eigenvalue weighted by atomic mass is 35.5. The van der Waals surface area contributed by atoms with Crippen LogP contribution in [0.25, 0.3) is 0 Å². The van der Waals surface area contributed by atoms with Gasteiger partial charge < -0.3 is 9.84 Å². The van der Waals surface area contributed by atoms with Gasteiger partial charge in [0.25, 0.3) is 0 Å². The number of hydrogen-bond acceptors (Lipinski definition) is 4. The van der Waals surface area contributed by atoms with Crippen LogP contribution in [0.15, 0.2) is 23.6 Å². The van der Waals surface area contributed by atoms with Gasteiger partial charge in [-0.25, -0.2) is 4.98 Å². The molecule has 0 aliphatic carbocycles. The Bertz CT molecular complexity index is 600. The van der Waals surface area contributed by atoms with Crippen LogP contribution in [-0.4, -0.2) is 16.1 Å². The maximum absolute atomic E-state index is 10.5. The largest absolute Gasteiger partial charge is 0.485 e. The first-order valence-corrected chi connectivity index (χ1v) is 6.91. The number of thiazole rings is 1. The molecule has 0 bridgehead atoms. The van der Waals surface area contributed by atoms with Crippen LogP contribution >= 0.6 is 34.5 Å². The zero-order valence-corrected chi connectivity index (χ0v) is 11.9. The Hall–Kier alpha value is -1.30. The molecule has 19 heavy (non-hydrogen) atoms. The highest BCUT2D eigenvalue weighted by molar-refractivity contribution is 7.09. The first kappa shape index (κ1) is 14.1. The van der Waals surface area contributed by atoms with Crippen molar-refractivity contribution < 1.29 is 14.6 Å². The summed E-state index contributed by atoms with van der Waals surface area (Å²) in [5, 5.41) is 12.0. The minimum atomic E-state index is -0.907. The minimum absolute atomic E-state index is 0.0889. The number of carboxylic acid groups (broad SMARTS) is 1. The van der Waals surface area contributed by atoms with Crippen LogP contribution in [0.4, 0.5) is 0 Å². The van der Waals surface area contributed by atoms with E-state index in [1.54, 1.807) is 23.6 Å². The van der Waals surface area contributed by atoms with Crippen molar-refractivity contribution in [3.63, 3.8) is 0 Å². The second kappa shape index (κ2) is 6.23. The fourth-order valence-corrected chi connectivity index (χ4v) is 2.42. The van der Waals surface area contributed by atoms with Crippen LogP contribution in [0, 0.1) is 0 Å². The van der Waals surface area contributed by atoms with E-state index in [1.807, 2.05) is 0 Å². The lowest BCUT2D eigenvalue weighted by Crippen LogP contribution is -2.01. The first-order valence-electron chi connectivity index (χ1n) is 5.27. The zero-order valence-electron chi connectivity index (χ0n) is 9.60. The average molecular weight is 318 g/mol. The molecule has 0 amide bonds. The van der Waals surface area contributed by atoms with Gasteiger partial charge in [0.2, 0.25) is 0 Å². The molecule has 100 valence electrons. The van der Waals surface area contributed by atoms with Crippen molar-refractivity contribution in [2.75, 3.05) is 0 Å². The van der Waals surface area contributed by atoms with Crippen molar-refractivity contribution in [1.29, 1.82) is 0 Å². The monoisotopic (exact) mass is 317 g/mol. The third-order valence-electron chi connectivity index (χ3n) is 2.18. The van der Waals surface area contributed by atoms with E-state index in [1.165, 1.54) is 11.3 Å². The van der Waals surface area contributed by atoms with Gasteiger partial charge in [-0.15, -0.1) is 11.3 Å². The van der Waals surface area contributed by atoms with Crippen LogP contribution in [0.3, 0.4) is 0 Å². The summed E-state index contributed by atoms with van der Waals surface area (Å²) in [6.07, 6.45) is -0.0889. The van der Waals surface area contributed by atoms with Gasteiger partial charge in [-0.2, -0.15) is 0 Å². The summed E-state index contributed by atoms with van der Waals surface area (Å²) in [5.41, 5.74) is 0.522. The molecule has 0 fully saturated rings. The van der Waals surface area contributed by atoms with E-state index in [-0.39, 0.29) is 13.0 Å². The normalized spacial score (nSPS) is 10.4. The molecule has 7 heteroatoms. The molecule has 2 aromatic rings. The molecule has 2 rings (SSSR count). The quantitative estimate of drug-likeness (QED) is 0.914. The summed E-state index contributed by atoms with van der Waals surface area (Å²) in [6.45, 7) is 0.227. The van der Waals surface area contributed by atoms with Crippen LogP contribution in [0.2, 0.25) is 10.0 Å². The molecule has 1 N–H and O–H groups in total. The summed E-state index contributed by atoms with van der Waals surface area (Å²) < 4.78 is 5.51. The molecule has 0 saturated carbocycles. The number of carboxylic acids is 1. The Morgan fingerprint density at radius 2 is 2.21 bits per heavy atom. The third-order valence-corrected chi connectivity index (χ3v) is 3.59. The lowest BCUT2D eigenvalue weighted by Gasteiger charge is -2.06. The number of benzene rings is 1. The molecule has 1 aromatic carbocycles. The summed E-state index contributed by atoms with van der Waals surface area (Å²) >= 11 is 13.1. The number of rotatable bonds is 5. The van der Waals surface area contributed by atoms with Crippen molar-refractivity contribution in [1.82, 2.24) is 4.98 Å². The molecule has 4 nitrogen and oxygen atoms in total. The Morgan fingerprint density at radius 3 is 2.95 bits per heavy atom. The fraction of sp³-hybridized carbons (Fsp3) is 0.167. The number of aliphatic carboxylic acids is 1. The van der Waals surface area contributed by atoms with E-state index in [9.17, 15) is 4.79 Å². The maximum atomic E-state index is 10.5. The molecular formula is C12H9Cl2NO3S. The second-order valence-electron chi connectivity index (χ2n) is 3.67. The van der Waals surface area contributed by atoms with Gasteiger partial charge in [0.15, 0.2) is 0 Å². The highest BCUT2D eigenvalue weighted by Crippen LogP contribution is 2.28. The number of carbonyl (C=O) groups is 1. The standard InChI is InChI=1S/C12H9Cl2NO3S/c13-7-1-2-9(14)10(3-7)18-5-11-15-8(6-19-11)4-12(16)17/h1-3,6H,4-5H2,(H,16,17). The summed E-state index contributed by atoms with van der Waals surface area (Å²) in [6, 6.07) is 4.94. The van der Waals surface area contributed by atoms with E-state index in [0.29, 0.717) is 26.5 Å². The Kier molecular flexibility index (Phi) is 4.63. The van der Waals surface area contributed by atoms with Crippen molar-refractivity contribution in [2.45, 2.75) is 13.0 Å². The first-order chi connectivity index (χ1) is 9.04. The van der Waals surface area contributed by atoms with Gasteiger partial charge in [0, 0.05) is 16.5 Å². The highest BCUT2D eigenvalue weighted by Gasteiger charge is 2.08. The Balaban J connectivity index is 2.00. The SMILES string of the molecule is O=C(O)Cc1csc(COc2cc(Cl)ccc2Cl)n1. The van der Waals surface area contributed by atoms with Gasteiger partial charge >= 0.3 is 5.97 Å². The molecular weight excluding hydrogens is 309 g/mol. The van der Waals surface area contributed by atoms with Crippen LogP contribution < -0.4 is 4.74 Å². The van der Waals surface area contributed by atoms with Crippen molar-refractivity contribution in [2.24, 2.45) is 0 Å². The summed E-state index contributed by atoms with van der Waals surface area (Å²) in [4.78, 5) is 14.7. The van der Waals surface area contributed by atoms with E-state index in [4.69, 9.17) is 33.0 Å². The zero-order chi connectivity index (χ0) is 13.8. The van der Waals surface area contributed by atoms with E-state index in [0.717, 1.165) is 0 Å². The molecule has 0 unspecified atom stereocenters. The van der Waals surface area contributed by atoms with Crippen LogP contribution in [-0.2, 0) is 17.8 Å². The topological polar surface area (TPSA) is 59.4 Å². The molecule has 0 radical (unpaired) electrons. The van der Waals surface area contributed by atoms with E-state index >= 15 is 0 Å². The minimum Gasteiger partial charge on any atom is -0.485 e. The van der Waals surface area contributed by atoms with Crippen molar-refractivity contribution >= 4 is 40.5 Å². The maximum Gasteiger partial charge on any atom is 0.309 e. The summed E-state index contributed by atoms with van der Waals surface area (Å²) in [5.74, 6) is -0.431. The van der Waals surface area contributed by atoms with Crippen molar-refractivity contribution in [3.05, 3.63) is 44.3 Å². The number of hydrogen-bond donors (Lipinski definition) is 1. The van der Waals surface area contributed by atoms with Crippen LogP contribution in [0.1, 0.15) is 10.7 Å². The number of halogens is 2. The number of nitrogens with zero attached hydrogens (tertiary/aromatic N) is 1. The summed E-state index contributed by atoms with van der Waals surface area (Å²) in [7, 11) is 0. The van der Waals surface area contributed by atoms with Gasteiger partial charge in [0.1, 0.15) is 17.4 Å². The Morgan fingerprint density at radius 1 is 1.42 bits per heavy atom. The van der Waals surface area contributed by atoms with Crippen molar-refractivity contribution in [3.8, 4) is 5.75 Å². The Labute approximate surface area is 123 Å². The van der Waals surface area contributed by atoms with Gasteiger partial charge in [-0.1, -0.05) is 23.2 Å². The molecule has 0 spiro atoms. The van der Waals surface area contributed by atoms with E-state index in [2.05, 4.69) is 4.98 Å². The van der Waals surface area contributed by atoms with Crippen LogP contribution in [0.5, 0.6) is 5.75 Å². The van der Waals surface area contributed by atoms with Gasteiger partial charge in [-0.3, -0.25) is 4.79 Å². The number of aromatic nitrogens is 1. The predicted octanol–water partition coefficient (Wildman–Crippen LogP) is 3.66. The molecule has 1 aromatic heterocycles.